The Bertz CT molecular complexity index is 438. The third-order valence-corrected chi connectivity index (χ3v) is 5.09. The minimum Gasteiger partial charge on any atom is -0.381 e. The first kappa shape index (κ1) is 14.8. The van der Waals surface area contributed by atoms with E-state index in [-0.39, 0.29) is 18.2 Å². The Hall–Kier alpha value is -0.590. The van der Waals surface area contributed by atoms with Crippen LogP contribution in [0.15, 0.2) is 15.9 Å². The summed E-state index contributed by atoms with van der Waals surface area (Å²) in [7, 11) is 1.74. The molecule has 0 unspecified atom stereocenters. The quantitative estimate of drug-likeness (QED) is 0.912. The van der Waals surface area contributed by atoms with Crippen molar-refractivity contribution in [3.8, 4) is 0 Å². The van der Waals surface area contributed by atoms with Crippen LogP contribution < -0.4 is 5.32 Å². The minimum atomic E-state index is 0.0200. The Kier molecular flexibility index (Phi) is 5.24. The van der Waals surface area contributed by atoms with E-state index < -0.39 is 0 Å². The van der Waals surface area contributed by atoms with Crippen LogP contribution in [0.5, 0.6) is 0 Å². The lowest BCUT2D eigenvalue weighted by atomic mass is 10.0. The van der Waals surface area contributed by atoms with Gasteiger partial charge in [0.2, 0.25) is 0 Å². The number of ether oxygens (including phenoxy) is 1. The summed E-state index contributed by atoms with van der Waals surface area (Å²) < 4.78 is 6.45. The lowest BCUT2D eigenvalue weighted by Crippen LogP contribution is -2.50. The van der Waals surface area contributed by atoms with Crippen LogP contribution in [0.4, 0.5) is 4.79 Å². The van der Waals surface area contributed by atoms with E-state index in [2.05, 4.69) is 28.2 Å². The maximum atomic E-state index is 12.2. The number of nitrogens with zero attached hydrogens (tertiary/aromatic N) is 1. The molecule has 1 saturated heterocycles. The molecule has 2 heterocycles. The Morgan fingerprint density at radius 1 is 1.63 bits per heavy atom. The topological polar surface area (TPSA) is 41.6 Å². The highest BCUT2D eigenvalue weighted by Gasteiger charge is 2.28. The average Bonchev–Trinajstić information content (AvgIpc) is 2.81. The molecule has 2 amide bonds. The normalized spacial score (nSPS) is 23.4. The summed E-state index contributed by atoms with van der Waals surface area (Å²) in [6, 6.07) is 4.27. The highest BCUT2D eigenvalue weighted by atomic mass is 79.9. The number of rotatable bonds is 3. The molecule has 2 atom stereocenters. The van der Waals surface area contributed by atoms with Crippen molar-refractivity contribution >= 4 is 33.3 Å². The van der Waals surface area contributed by atoms with Gasteiger partial charge < -0.3 is 15.0 Å². The zero-order valence-electron chi connectivity index (χ0n) is 11.2. The number of hydrogen-bond acceptors (Lipinski definition) is 3. The van der Waals surface area contributed by atoms with Crippen LogP contribution in [0.25, 0.3) is 0 Å². The Morgan fingerprint density at radius 2 is 2.42 bits per heavy atom. The number of amides is 2. The Labute approximate surface area is 126 Å². The number of piperidine rings is 1. The van der Waals surface area contributed by atoms with Crippen LogP contribution in [-0.4, -0.2) is 36.7 Å². The molecule has 1 aliphatic heterocycles. The number of carbonyl (C=O) groups is 1. The summed E-state index contributed by atoms with van der Waals surface area (Å²) in [6.45, 7) is 3.43. The second kappa shape index (κ2) is 6.72. The molecule has 0 radical (unpaired) electrons. The van der Waals surface area contributed by atoms with Gasteiger partial charge in [0.05, 0.1) is 16.4 Å². The van der Waals surface area contributed by atoms with Gasteiger partial charge in [-0.2, -0.15) is 0 Å². The zero-order valence-corrected chi connectivity index (χ0v) is 13.6. The molecule has 0 spiro atoms. The fourth-order valence-electron chi connectivity index (χ4n) is 2.36. The van der Waals surface area contributed by atoms with Gasteiger partial charge in [0.15, 0.2) is 0 Å². The summed E-state index contributed by atoms with van der Waals surface area (Å²) >= 11 is 5.07. The van der Waals surface area contributed by atoms with Gasteiger partial charge in [0.25, 0.3) is 0 Å². The van der Waals surface area contributed by atoms with Crippen molar-refractivity contribution in [3.63, 3.8) is 0 Å². The first-order valence-corrected chi connectivity index (χ1v) is 8.02. The highest BCUT2D eigenvalue weighted by molar-refractivity contribution is 9.11. The SMILES string of the molecule is CO[C@@H]1CCN(C(=O)NCc2ccc(Br)s2)[C@@H](C)C1. The number of methoxy groups -OCH3 is 1. The van der Waals surface area contributed by atoms with Gasteiger partial charge in [0, 0.05) is 24.6 Å². The molecule has 19 heavy (non-hydrogen) atoms. The molecule has 4 nitrogen and oxygen atoms in total. The summed E-state index contributed by atoms with van der Waals surface area (Å²) in [4.78, 5) is 15.2. The predicted octanol–water partition coefficient (Wildman–Crippen LogP) is 3.22. The van der Waals surface area contributed by atoms with Gasteiger partial charge in [-0.15, -0.1) is 11.3 Å². The second-order valence-corrected chi connectivity index (χ2v) is 7.34. The van der Waals surface area contributed by atoms with Crippen LogP contribution in [0, 0.1) is 0 Å². The van der Waals surface area contributed by atoms with Crippen molar-refractivity contribution < 1.29 is 9.53 Å². The van der Waals surface area contributed by atoms with Crippen LogP contribution in [0.1, 0.15) is 24.6 Å². The molecule has 1 aromatic heterocycles. The number of carbonyl (C=O) groups excluding carboxylic acids is 1. The highest BCUT2D eigenvalue weighted by Crippen LogP contribution is 2.22. The van der Waals surface area contributed by atoms with Crippen molar-refractivity contribution in [1.82, 2.24) is 10.2 Å². The molecule has 106 valence electrons. The van der Waals surface area contributed by atoms with Gasteiger partial charge in [-0.05, 0) is 47.8 Å². The maximum absolute atomic E-state index is 12.2. The molecule has 2 rings (SSSR count). The van der Waals surface area contributed by atoms with E-state index in [9.17, 15) is 4.79 Å². The van der Waals surface area contributed by atoms with Crippen molar-refractivity contribution in [2.75, 3.05) is 13.7 Å². The van der Waals surface area contributed by atoms with E-state index in [0.717, 1.165) is 28.0 Å². The van der Waals surface area contributed by atoms with Crippen LogP contribution in [0.3, 0.4) is 0 Å². The number of halogens is 1. The molecule has 6 heteroatoms. The maximum Gasteiger partial charge on any atom is 0.317 e. The number of urea groups is 1. The standard InChI is InChI=1S/C13H19BrN2O2S/c1-9-7-10(18-2)5-6-16(9)13(17)15-8-11-3-4-12(14)19-11/h3-4,9-10H,5-8H2,1-2H3,(H,15,17)/t9-,10+/m0/s1. The van der Waals surface area contributed by atoms with Crippen molar-refractivity contribution in [3.05, 3.63) is 20.8 Å². The van der Waals surface area contributed by atoms with Crippen molar-refractivity contribution in [2.45, 2.75) is 38.5 Å². The van der Waals surface area contributed by atoms with E-state index in [0.29, 0.717) is 6.54 Å². The second-order valence-electron chi connectivity index (χ2n) is 4.79. The molecule has 0 aliphatic carbocycles. The lowest BCUT2D eigenvalue weighted by molar-refractivity contribution is 0.0293. The molecule has 0 saturated carbocycles. The van der Waals surface area contributed by atoms with Gasteiger partial charge in [-0.1, -0.05) is 0 Å². The largest absolute Gasteiger partial charge is 0.381 e. The smallest absolute Gasteiger partial charge is 0.317 e. The van der Waals surface area contributed by atoms with Gasteiger partial charge in [-0.3, -0.25) is 0 Å². The Balaban J connectivity index is 1.83. The van der Waals surface area contributed by atoms with Gasteiger partial charge in [-0.25, -0.2) is 4.79 Å². The fourth-order valence-corrected chi connectivity index (χ4v) is 3.78. The molecule has 0 aromatic carbocycles. The number of thiophene rings is 1. The average molecular weight is 347 g/mol. The number of hydrogen-bond donors (Lipinski definition) is 1. The third-order valence-electron chi connectivity index (χ3n) is 3.46. The summed E-state index contributed by atoms with van der Waals surface area (Å²) in [5.74, 6) is 0. The molecule has 1 N–H and O–H groups in total. The van der Waals surface area contributed by atoms with Crippen molar-refractivity contribution in [2.24, 2.45) is 0 Å². The lowest BCUT2D eigenvalue weighted by Gasteiger charge is -2.37. The zero-order chi connectivity index (χ0) is 13.8. The van der Waals surface area contributed by atoms with E-state index >= 15 is 0 Å². The summed E-state index contributed by atoms with van der Waals surface area (Å²) in [5, 5.41) is 2.98. The molecule has 1 fully saturated rings. The van der Waals surface area contributed by atoms with Crippen LogP contribution in [0.2, 0.25) is 0 Å². The molecular formula is C13H19BrN2O2S. The predicted molar refractivity (Wildman–Crippen MR) is 80.5 cm³/mol. The van der Waals surface area contributed by atoms with E-state index in [1.807, 2.05) is 17.0 Å². The first-order valence-electron chi connectivity index (χ1n) is 6.41. The summed E-state index contributed by atoms with van der Waals surface area (Å²) in [6.07, 6.45) is 2.11. The summed E-state index contributed by atoms with van der Waals surface area (Å²) in [5.41, 5.74) is 0. The minimum absolute atomic E-state index is 0.0200. The van der Waals surface area contributed by atoms with E-state index in [1.54, 1.807) is 18.4 Å². The molecular weight excluding hydrogens is 328 g/mol. The van der Waals surface area contributed by atoms with Gasteiger partial charge in [0.1, 0.15) is 0 Å². The van der Waals surface area contributed by atoms with E-state index in [4.69, 9.17) is 4.74 Å². The van der Waals surface area contributed by atoms with Crippen molar-refractivity contribution in [1.29, 1.82) is 0 Å². The number of nitrogens with one attached hydrogen (secondary N) is 1. The van der Waals surface area contributed by atoms with Crippen LogP contribution in [-0.2, 0) is 11.3 Å². The molecule has 1 aromatic rings. The third kappa shape index (κ3) is 3.94. The van der Waals surface area contributed by atoms with Crippen LogP contribution >= 0.6 is 27.3 Å². The molecule has 1 aliphatic rings. The Morgan fingerprint density at radius 3 is 3.00 bits per heavy atom. The van der Waals surface area contributed by atoms with Gasteiger partial charge >= 0.3 is 6.03 Å². The first-order chi connectivity index (χ1) is 9.10. The monoisotopic (exact) mass is 346 g/mol. The molecule has 0 bridgehead atoms. The van der Waals surface area contributed by atoms with E-state index in [1.165, 1.54) is 0 Å². The number of likely N-dealkylation sites (tertiary alicyclic amines) is 1. The fraction of sp³-hybridized carbons (Fsp3) is 0.615.